The number of carbonyl (C=O) groups excluding carboxylic acids is 1. The SMILES string of the molecule is CN(Cc1cccc(F)c1)C(=O)c1cc(O)ccc1Cl. The summed E-state index contributed by atoms with van der Waals surface area (Å²) < 4.78 is 13.1. The minimum atomic E-state index is -0.348. The molecule has 3 nitrogen and oxygen atoms in total. The van der Waals surface area contributed by atoms with Crippen LogP contribution in [0, 0.1) is 5.82 Å². The van der Waals surface area contributed by atoms with Gasteiger partial charge in [-0.25, -0.2) is 4.39 Å². The van der Waals surface area contributed by atoms with E-state index in [9.17, 15) is 14.3 Å². The smallest absolute Gasteiger partial charge is 0.255 e. The lowest BCUT2D eigenvalue weighted by Gasteiger charge is -2.18. The molecule has 2 rings (SSSR count). The van der Waals surface area contributed by atoms with Crippen LogP contribution < -0.4 is 0 Å². The highest BCUT2D eigenvalue weighted by Crippen LogP contribution is 2.22. The van der Waals surface area contributed by atoms with Gasteiger partial charge in [0.15, 0.2) is 0 Å². The topological polar surface area (TPSA) is 40.5 Å². The Kier molecular flexibility index (Phi) is 4.25. The van der Waals surface area contributed by atoms with Gasteiger partial charge in [-0.1, -0.05) is 23.7 Å². The highest BCUT2D eigenvalue weighted by Gasteiger charge is 2.16. The molecule has 0 bridgehead atoms. The third kappa shape index (κ3) is 3.27. The number of halogens is 2. The number of hydrogen-bond acceptors (Lipinski definition) is 2. The Morgan fingerprint density at radius 2 is 2.05 bits per heavy atom. The molecule has 104 valence electrons. The normalized spacial score (nSPS) is 10.3. The van der Waals surface area contributed by atoms with Gasteiger partial charge in [-0.3, -0.25) is 4.79 Å². The van der Waals surface area contributed by atoms with Crippen molar-refractivity contribution in [3.05, 3.63) is 64.4 Å². The zero-order valence-corrected chi connectivity index (χ0v) is 11.6. The van der Waals surface area contributed by atoms with Gasteiger partial charge >= 0.3 is 0 Å². The minimum absolute atomic E-state index is 0.0306. The number of aromatic hydroxyl groups is 1. The molecule has 0 aliphatic heterocycles. The van der Waals surface area contributed by atoms with Crippen molar-refractivity contribution in [1.82, 2.24) is 4.90 Å². The summed E-state index contributed by atoms with van der Waals surface area (Å²) in [4.78, 5) is 13.7. The van der Waals surface area contributed by atoms with E-state index in [-0.39, 0.29) is 34.6 Å². The molecule has 0 aromatic heterocycles. The predicted molar refractivity (Wildman–Crippen MR) is 75.3 cm³/mol. The summed E-state index contributed by atoms with van der Waals surface area (Å²) in [5, 5.41) is 9.68. The van der Waals surface area contributed by atoms with Crippen LogP contribution in [0.2, 0.25) is 5.02 Å². The summed E-state index contributed by atoms with van der Waals surface area (Å²) in [6, 6.07) is 10.2. The van der Waals surface area contributed by atoms with Crippen LogP contribution in [0.4, 0.5) is 4.39 Å². The first-order valence-electron chi connectivity index (χ1n) is 5.96. The Morgan fingerprint density at radius 1 is 1.30 bits per heavy atom. The van der Waals surface area contributed by atoms with Crippen LogP contribution in [-0.4, -0.2) is 23.0 Å². The van der Waals surface area contributed by atoms with E-state index in [0.29, 0.717) is 5.56 Å². The Labute approximate surface area is 121 Å². The fourth-order valence-electron chi connectivity index (χ4n) is 1.86. The van der Waals surface area contributed by atoms with E-state index in [1.165, 1.54) is 35.2 Å². The number of phenolic OH excluding ortho intramolecular Hbond substituents is 1. The van der Waals surface area contributed by atoms with Gasteiger partial charge in [0.1, 0.15) is 11.6 Å². The maximum Gasteiger partial charge on any atom is 0.255 e. The summed E-state index contributed by atoms with van der Waals surface area (Å²) in [5.41, 5.74) is 0.891. The molecule has 1 N–H and O–H groups in total. The molecule has 0 aliphatic carbocycles. The summed E-state index contributed by atoms with van der Waals surface area (Å²) >= 11 is 5.94. The van der Waals surface area contributed by atoms with Crippen molar-refractivity contribution in [1.29, 1.82) is 0 Å². The average molecular weight is 294 g/mol. The van der Waals surface area contributed by atoms with Gasteiger partial charge < -0.3 is 10.0 Å². The Morgan fingerprint density at radius 3 is 2.75 bits per heavy atom. The number of benzene rings is 2. The standard InChI is InChI=1S/C15H13ClFNO2/c1-18(9-10-3-2-4-11(17)7-10)15(20)13-8-12(19)5-6-14(13)16/h2-8,19H,9H2,1H3. The van der Waals surface area contributed by atoms with Gasteiger partial charge in [0, 0.05) is 13.6 Å². The van der Waals surface area contributed by atoms with Gasteiger partial charge in [-0.05, 0) is 35.9 Å². The molecule has 1 amide bonds. The molecule has 0 fully saturated rings. The third-order valence-electron chi connectivity index (χ3n) is 2.84. The highest BCUT2D eigenvalue weighted by molar-refractivity contribution is 6.33. The van der Waals surface area contributed by atoms with Crippen molar-refractivity contribution in [3.8, 4) is 5.75 Å². The van der Waals surface area contributed by atoms with E-state index >= 15 is 0 Å². The maximum absolute atomic E-state index is 13.1. The highest BCUT2D eigenvalue weighted by atomic mass is 35.5. The molecular formula is C15H13ClFNO2. The van der Waals surface area contributed by atoms with Crippen LogP contribution in [0.3, 0.4) is 0 Å². The number of amides is 1. The van der Waals surface area contributed by atoms with Crippen LogP contribution in [-0.2, 0) is 6.54 Å². The van der Waals surface area contributed by atoms with Crippen molar-refractivity contribution >= 4 is 17.5 Å². The van der Waals surface area contributed by atoms with Crippen LogP contribution in [0.5, 0.6) is 5.75 Å². The van der Waals surface area contributed by atoms with E-state index in [0.717, 1.165) is 0 Å². The monoisotopic (exact) mass is 293 g/mol. The molecule has 0 atom stereocenters. The van der Waals surface area contributed by atoms with Gasteiger partial charge in [0.25, 0.3) is 5.91 Å². The van der Waals surface area contributed by atoms with Crippen molar-refractivity contribution in [2.24, 2.45) is 0 Å². The first-order chi connectivity index (χ1) is 9.47. The van der Waals surface area contributed by atoms with E-state index < -0.39 is 0 Å². The molecule has 5 heteroatoms. The summed E-state index contributed by atoms with van der Waals surface area (Å²) in [6.45, 7) is 0.253. The second kappa shape index (κ2) is 5.92. The number of hydrogen-bond donors (Lipinski definition) is 1. The molecule has 0 unspecified atom stereocenters. The first kappa shape index (κ1) is 14.3. The Balaban J connectivity index is 2.18. The van der Waals surface area contributed by atoms with Crippen LogP contribution in [0.15, 0.2) is 42.5 Å². The molecule has 0 heterocycles. The van der Waals surface area contributed by atoms with Crippen molar-refractivity contribution in [3.63, 3.8) is 0 Å². The first-order valence-corrected chi connectivity index (χ1v) is 6.33. The molecule has 2 aromatic rings. The number of rotatable bonds is 3. The van der Waals surface area contributed by atoms with Gasteiger partial charge in [0.05, 0.1) is 10.6 Å². The minimum Gasteiger partial charge on any atom is -0.508 e. The molecule has 0 radical (unpaired) electrons. The third-order valence-corrected chi connectivity index (χ3v) is 3.17. The summed E-state index contributed by atoms with van der Waals surface area (Å²) in [7, 11) is 1.59. The molecule has 2 aromatic carbocycles. The van der Waals surface area contributed by atoms with E-state index in [1.54, 1.807) is 19.2 Å². The van der Waals surface area contributed by atoms with Crippen LogP contribution >= 0.6 is 11.6 Å². The lowest BCUT2D eigenvalue weighted by atomic mass is 10.1. The van der Waals surface area contributed by atoms with Crippen molar-refractivity contribution in [2.75, 3.05) is 7.05 Å². The fraction of sp³-hybridized carbons (Fsp3) is 0.133. The number of phenols is 1. The van der Waals surface area contributed by atoms with Gasteiger partial charge in [-0.15, -0.1) is 0 Å². The van der Waals surface area contributed by atoms with Crippen LogP contribution in [0.1, 0.15) is 15.9 Å². The quantitative estimate of drug-likeness (QED) is 0.941. The van der Waals surface area contributed by atoms with E-state index in [2.05, 4.69) is 0 Å². The van der Waals surface area contributed by atoms with Crippen molar-refractivity contribution < 1.29 is 14.3 Å². The van der Waals surface area contributed by atoms with Crippen LogP contribution in [0.25, 0.3) is 0 Å². The van der Waals surface area contributed by atoms with E-state index in [1.807, 2.05) is 0 Å². The lowest BCUT2D eigenvalue weighted by molar-refractivity contribution is 0.0784. The van der Waals surface area contributed by atoms with Crippen molar-refractivity contribution in [2.45, 2.75) is 6.54 Å². The van der Waals surface area contributed by atoms with E-state index in [4.69, 9.17) is 11.6 Å². The molecule has 0 spiro atoms. The zero-order valence-electron chi connectivity index (χ0n) is 10.8. The molecule has 0 aliphatic rings. The predicted octanol–water partition coefficient (Wildman–Crippen LogP) is 3.46. The molecule has 0 saturated heterocycles. The largest absolute Gasteiger partial charge is 0.508 e. The van der Waals surface area contributed by atoms with Gasteiger partial charge in [0.2, 0.25) is 0 Å². The molecule has 20 heavy (non-hydrogen) atoms. The Bertz CT molecular complexity index is 646. The lowest BCUT2D eigenvalue weighted by Crippen LogP contribution is -2.26. The maximum atomic E-state index is 13.1. The zero-order chi connectivity index (χ0) is 14.7. The number of carbonyl (C=O) groups is 1. The van der Waals surface area contributed by atoms with Gasteiger partial charge in [-0.2, -0.15) is 0 Å². The average Bonchev–Trinajstić information content (AvgIpc) is 2.40. The number of nitrogens with zero attached hydrogens (tertiary/aromatic N) is 1. The summed E-state index contributed by atoms with van der Waals surface area (Å²) in [5.74, 6) is -0.717. The second-order valence-electron chi connectivity index (χ2n) is 4.46. The molecule has 0 saturated carbocycles. The fourth-order valence-corrected chi connectivity index (χ4v) is 2.06. The molecular weight excluding hydrogens is 281 g/mol. The summed E-state index contributed by atoms with van der Waals surface area (Å²) in [6.07, 6.45) is 0. The Hall–Kier alpha value is -2.07. The second-order valence-corrected chi connectivity index (χ2v) is 4.86.